The number of pyridine rings is 1. The van der Waals surface area contributed by atoms with Gasteiger partial charge in [0.2, 0.25) is 5.91 Å². The highest BCUT2D eigenvalue weighted by Gasteiger charge is 2.38. The van der Waals surface area contributed by atoms with Gasteiger partial charge in [0.1, 0.15) is 12.1 Å². The molecule has 34 heavy (non-hydrogen) atoms. The summed E-state index contributed by atoms with van der Waals surface area (Å²) in [5.74, 6) is -1.99. The number of aromatic nitrogens is 1. The third-order valence-corrected chi connectivity index (χ3v) is 5.37. The van der Waals surface area contributed by atoms with Crippen LogP contribution >= 0.6 is 0 Å². The van der Waals surface area contributed by atoms with E-state index >= 15 is 0 Å². The molecule has 0 spiro atoms. The van der Waals surface area contributed by atoms with Crippen LogP contribution in [0.2, 0.25) is 0 Å². The highest BCUT2D eigenvalue weighted by molar-refractivity contribution is 6.02. The molecule has 0 radical (unpaired) electrons. The topological polar surface area (TPSA) is 124 Å². The van der Waals surface area contributed by atoms with Gasteiger partial charge >= 0.3 is 5.97 Å². The van der Waals surface area contributed by atoms with E-state index in [2.05, 4.69) is 15.3 Å². The third kappa shape index (κ3) is 5.72. The molecule has 1 aliphatic rings. The highest BCUT2D eigenvalue weighted by atomic mass is 16.6. The molecule has 2 unspecified atom stereocenters. The van der Waals surface area contributed by atoms with Gasteiger partial charge < -0.3 is 10.1 Å². The van der Waals surface area contributed by atoms with E-state index in [1.807, 2.05) is 13.0 Å². The lowest BCUT2D eigenvalue weighted by Crippen LogP contribution is -2.38. The molecule has 2 aromatic rings. The number of carbonyl (C=O) groups is 2. The molecule has 9 nitrogen and oxygen atoms in total. The first-order valence-electron chi connectivity index (χ1n) is 10.9. The Kier molecular flexibility index (Phi) is 7.24. The first kappa shape index (κ1) is 24.8. The Hall–Kier alpha value is -3.88. The molecular weight excluding hydrogens is 436 g/mol. The molecule has 3 rings (SSSR count). The summed E-state index contributed by atoms with van der Waals surface area (Å²) in [6.45, 7) is 8.50. The molecule has 1 aliphatic heterocycles. The van der Waals surface area contributed by atoms with Gasteiger partial charge in [-0.1, -0.05) is 18.2 Å². The minimum atomic E-state index is -0.680. The fourth-order valence-electron chi connectivity index (χ4n) is 4.14. The molecule has 0 fully saturated rings. The molecule has 0 aliphatic carbocycles. The number of rotatable bonds is 6. The van der Waals surface area contributed by atoms with Gasteiger partial charge in [-0.2, -0.15) is 0 Å². The van der Waals surface area contributed by atoms with E-state index in [1.54, 1.807) is 58.3 Å². The standard InChI is InChI=1S/C25H28N4O5/c1-15-21(18-9-7-11-26-13-18)23(17-8-6-10-19(12-17)29(32)33)22(16(2)28-15)24(31)27-14-20(30)34-25(3,4)5/h6-13,21,23H,14H2,1-5H3,(H,27,31). The van der Waals surface area contributed by atoms with Crippen molar-refractivity contribution in [1.82, 2.24) is 10.3 Å². The minimum Gasteiger partial charge on any atom is -0.459 e. The van der Waals surface area contributed by atoms with E-state index in [1.165, 1.54) is 12.1 Å². The number of hydrogen-bond acceptors (Lipinski definition) is 7. The predicted molar refractivity (Wildman–Crippen MR) is 127 cm³/mol. The first-order chi connectivity index (χ1) is 16.0. The van der Waals surface area contributed by atoms with Gasteiger partial charge in [0.15, 0.2) is 0 Å². The lowest BCUT2D eigenvalue weighted by Gasteiger charge is -2.33. The zero-order valence-electron chi connectivity index (χ0n) is 19.9. The monoisotopic (exact) mass is 464 g/mol. The lowest BCUT2D eigenvalue weighted by atomic mass is 9.72. The predicted octanol–water partition coefficient (Wildman–Crippen LogP) is 4.06. The molecule has 0 saturated carbocycles. The van der Waals surface area contributed by atoms with Crippen molar-refractivity contribution in [3.63, 3.8) is 0 Å². The number of aliphatic imine (C=N–C) groups is 1. The Morgan fingerprint density at radius 1 is 1.12 bits per heavy atom. The fraction of sp³-hybridized carbons (Fsp3) is 0.360. The number of nitrogens with zero attached hydrogens (tertiary/aromatic N) is 3. The zero-order chi connectivity index (χ0) is 25.0. The number of benzene rings is 1. The normalized spacial score (nSPS) is 18.2. The number of nitro groups is 1. The van der Waals surface area contributed by atoms with Gasteiger partial charge in [-0.05, 0) is 51.8 Å². The SMILES string of the molecule is CC1=NC(C)=C(C(=O)NCC(=O)OC(C)(C)C)C(c2cccc([N+](=O)[O-])c2)C1c1cccnc1. The molecule has 2 atom stereocenters. The van der Waals surface area contributed by atoms with Crippen LogP contribution in [-0.4, -0.2) is 39.6 Å². The van der Waals surface area contributed by atoms with E-state index in [0.717, 1.165) is 11.3 Å². The summed E-state index contributed by atoms with van der Waals surface area (Å²) in [6.07, 6.45) is 3.35. The number of carbonyl (C=O) groups excluding carboxylic acids is 2. The maximum absolute atomic E-state index is 13.4. The molecule has 1 N–H and O–H groups in total. The largest absolute Gasteiger partial charge is 0.459 e. The molecule has 1 amide bonds. The Morgan fingerprint density at radius 3 is 2.44 bits per heavy atom. The van der Waals surface area contributed by atoms with Crippen LogP contribution in [0.5, 0.6) is 0 Å². The van der Waals surface area contributed by atoms with Crippen molar-refractivity contribution in [3.8, 4) is 0 Å². The number of esters is 1. The molecule has 9 heteroatoms. The first-order valence-corrected chi connectivity index (χ1v) is 10.9. The molecule has 2 heterocycles. The van der Waals surface area contributed by atoms with Crippen LogP contribution < -0.4 is 5.32 Å². The number of nitro benzene ring substituents is 1. The van der Waals surface area contributed by atoms with Crippen LogP contribution in [0.25, 0.3) is 0 Å². The Labute approximate surface area is 198 Å². The average Bonchev–Trinajstić information content (AvgIpc) is 2.76. The summed E-state index contributed by atoms with van der Waals surface area (Å²) < 4.78 is 5.28. The second-order valence-electron chi connectivity index (χ2n) is 9.12. The van der Waals surface area contributed by atoms with Crippen LogP contribution in [0.1, 0.15) is 57.6 Å². The van der Waals surface area contributed by atoms with Crippen molar-refractivity contribution in [2.24, 2.45) is 4.99 Å². The van der Waals surface area contributed by atoms with E-state index in [4.69, 9.17) is 4.74 Å². The van der Waals surface area contributed by atoms with Crippen molar-refractivity contribution < 1.29 is 19.2 Å². The summed E-state index contributed by atoms with van der Waals surface area (Å²) in [4.78, 5) is 45.4. The molecule has 1 aromatic heterocycles. The van der Waals surface area contributed by atoms with Crippen LogP contribution in [0.15, 0.2) is 65.1 Å². The maximum atomic E-state index is 13.4. The molecule has 178 valence electrons. The Balaban J connectivity index is 2.05. The van der Waals surface area contributed by atoms with Crippen LogP contribution in [0.3, 0.4) is 0 Å². The minimum absolute atomic E-state index is 0.0752. The van der Waals surface area contributed by atoms with Gasteiger partial charge in [0.05, 0.1) is 4.92 Å². The van der Waals surface area contributed by atoms with E-state index in [0.29, 0.717) is 16.8 Å². The van der Waals surface area contributed by atoms with E-state index < -0.39 is 28.3 Å². The smallest absolute Gasteiger partial charge is 0.325 e. The molecular formula is C25H28N4O5. The third-order valence-electron chi connectivity index (χ3n) is 5.37. The van der Waals surface area contributed by atoms with Crippen molar-refractivity contribution >= 4 is 23.3 Å². The Bertz CT molecular complexity index is 1170. The van der Waals surface area contributed by atoms with Gasteiger partial charge in [-0.25, -0.2) is 0 Å². The lowest BCUT2D eigenvalue weighted by molar-refractivity contribution is -0.384. The summed E-state index contributed by atoms with van der Waals surface area (Å²) in [5, 5.41) is 14.1. The van der Waals surface area contributed by atoms with E-state index in [-0.39, 0.29) is 18.2 Å². The number of non-ortho nitro benzene ring substituents is 1. The second-order valence-corrected chi connectivity index (χ2v) is 9.12. The zero-order valence-corrected chi connectivity index (χ0v) is 19.9. The van der Waals surface area contributed by atoms with Crippen molar-refractivity contribution in [2.75, 3.05) is 6.54 Å². The summed E-state index contributed by atoms with van der Waals surface area (Å²) >= 11 is 0. The summed E-state index contributed by atoms with van der Waals surface area (Å²) in [6, 6.07) is 9.92. The van der Waals surface area contributed by atoms with Gasteiger partial charge in [-0.3, -0.25) is 29.7 Å². The second kappa shape index (κ2) is 9.94. The van der Waals surface area contributed by atoms with Crippen molar-refractivity contribution in [1.29, 1.82) is 0 Å². The van der Waals surface area contributed by atoms with Crippen LogP contribution in [0, 0.1) is 10.1 Å². The summed E-state index contributed by atoms with van der Waals surface area (Å²) in [5.41, 5.74) is 2.24. The van der Waals surface area contributed by atoms with Gasteiger partial charge in [-0.15, -0.1) is 0 Å². The van der Waals surface area contributed by atoms with Crippen LogP contribution in [-0.2, 0) is 14.3 Å². The van der Waals surface area contributed by atoms with E-state index in [9.17, 15) is 19.7 Å². The van der Waals surface area contributed by atoms with Gasteiger partial charge in [0.25, 0.3) is 5.69 Å². The van der Waals surface area contributed by atoms with Gasteiger partial charge in [0, 0.05) is 53.3 Å². The van der Waals surface area contributed by atoms with Crippen LogP contribution in [0.4, 0.5) is 5.69 Å². The molecule has 1 aromatic carbocycles. The van der Waals surface area contributed by atoms with Crippen molar-refractivity contribution in [2.45, 2.75) is 52.1 Å². The molecule has 0 bridgehead atoms. The number of ether oxygens (including phenoxy) is 1. The number of nitrogens with one attached hydrogen (secondary N) is 1. The fourth-order valence-corrected chi connectivity index (χ4v) is 4.14. The number of amides is 1. The maximum Gasteiger partial charge on any atom is 0.325 e. The number of allylic oxidation sites excluding steroid dienone is 1. The number of hydrogen-bond donors (Lipinski definition) is 1. The van der Waals surface area contributed by atoms with Crippen molar-refractivity contribution in [3.05, 3.63) is 81.3 Å². The average molecular weight is 465 g/mol. The molecule has 0 saturated heterocycles. The summed E-state index contributed by atoms with van der Waals surface area (Å²) in [7, 11) is 0. The highest BCUT2D eigenvalue weighted by Crippen LogP contribution is 2.44. The Morgan fingerprint density at radius 2 is 1.82 bits per heavy atom. The quantitative estimate of drug-likeness (QED) is 0.390.